The average Bonchev–Trinajstić information content (AvgIpc) is 2.20. The number of likely N-dealkylation sites (N-methyl/N-ethyl adjacent to an activating group) is 1. The van der Waals surface area contributed by atoms with E-state index in [4.69, 9.17) is 10.1 Å². The van der Waals surface area contributed by atoms with Crippen molar-refractivity contribution in [3.63, 3.8) is 0 Å². The van der Waals surface area contributed by atoms with E-state index in [0.29, 0.717) is 0 Å². The molecule has 0 bridgehead atoms. The minimum atomic E-state index is -2.71. The fourth-order valence-electron chi connectivity index (χ4n) is 1.69. The zero-order valence-corrected chi connectivity index (χ0v) is 8.03. The topological polar surface area (TPSA) is 36.3 Å². The van der Waals surface area contributed by atoms with Crippen LogP contribution in [0.1, 0.15) is 13.3 Å². The van der Waals surface area contributed by atoms with Crippen LogP contribution < -0.4 is 0 Å². The zero-order valence-electron chi connectivity index (χ0n) is 8.03. The summed E-state index contributed by atoms with van der Waals surface area (Å²) in [7, 11) is 2.91. The van der Waals surface area contributed by atoms with Crippen molar-refractivity contribution in [2.45, 2.75) is 24.8 Å². The van der Waals surface area contributed by atoms with Crippen LogP contribution in [0.5, 0.6) is 0 Å². The van der Waals surface area contributed by atoms with Crippen LogP contribution in [-0.4, -0.2) is 43.0 Å². The number of ether oxygens (including phenoxy) is 1. The Morgan fingerprint density at radius 2 is 2.08 bits per heavy atom. The van der Waals surface area contributed by atoms with Crippen LogP contribution in [0.3, 0.4) is 0 Å². The summed E-state index contributed by atoms with van der Waals surface area (Å²) in [6.45, 7) is 1.29. The van der Waals surface area contributed by atoms with Gasteiger partial charge in [-0.3, -0.25) is 10.3 Å². The second-order valence-corrected chi connectivity index (χ2v) is 3.70. The highest BCUT2D eigenvalue weighted by Gasteiger charge is 2.53. The third-order valence-electron chi connectivity index (χ3n) is 2.61. The lowest BCUT2D eigenvalue weighted by Gasteiger charge is -2.30. The summed E-state index contributed by atoms with van der Waals surface area (Å²) < 4.78 is 30.7. The van der Waals surface area contributed by atoms with Crippen molar-refractivity contribution < 1.29 is 13.5 Å². The molecule has 0 aromatic carbocycles. The Morgan fingerprint density at radius 3 is 2.38 bits per heavy atom. The minimum absolute atomic E-state index is 0.104. The van der Waals surface area contributed by atoms with Crippen LogP contribution in [0.4, 0.5) is 8.78 Å². The minimum Gasteiger partial charge on any atom is -0.483 e. The quantitative estimate of drug-likeness (QED) is 0.502. The fourth-order valence-corrected chi connectivity index (χ4v) is 1.69. The van der Waals surface area contributed by atoms with E-state index in [0.717, 1.165) is 0 Å². The van der Waals surface area contributed by atoms with Gasteiger partial charge >= 0.3 is 0 Å². The first-order chi connectivity index (χ1) is 5.82. The summed E-state index contributed by atoms with van der Waals surface area (Å²) in [5.41, 5.74) is -0.960. The Hall–Kier alpha value is -0.710. The summed E-state index contributed by atoms with van der Waals surface area (Å²) in [5, 5.41) is 7.44. The normalized spacial score (nSPS) is 33.3. The average molecular weight is 192 g/mol. The standard InChI is InChI=1S/C8H14F2N2O/c1-7(6(11)13-3)4-8(9,10)5-12(7)2/h11H,4-5H2,1-3H3. The van der Waals surface area contributed by atoms with E-state index >= 15 is 0 Å². The predicted molar refractivity (Wildman–Crippen MR) is 45.3 cm³/mol. The number of nitrogens with one attached hydrogen (secondary N) is 1. The summed E-state index contributed by atoms with van der Waals surface area (Å²) in [6.07, 6.45) is -0.344. The van der Waals surface area contributed by atoms with E-state index in [1.165, 1.54) is 12.0 Å². The Balaban J connectivity index is 2.87. The van der Waals surface area contributed by atoms with Crippen LogP contribution >= 0.6 is 0 Å². The van der Waals surface area contributed by atoms with Crippen molar-refractivity contribution in [2.75, 3.05) is 20.7 Å². The van der Waals surface area contributed by atoms with Gasteiger partial charge in [0.05, 0.1) is 19.2 Å². The molecule has 13 heavy (non-hydrogen) atoms. The number of methoxy groups -OCH3 is 1. The molecule has 1 aliphatic rings. The van der Waals surface area contributed by atoms with Crippen molar-refractivity contribution in [1.29, 1.82) is 5.41 Å². The van der Waals surface area contributed by atoms with Gasteiger partial charge in [0.1, 0.15) is 0 Å². The van der Waals surface area contributed by atoms with Gasteiger partial charge in [-0.05, 0) is 14.0 Å². The van der Waals surface area contributed by atoms with E-state index in [9.17, 15) is 8.78 Å². The van der Waals surface area contributed by atoms with Gasteiger partial charge in [0.15, 0.2) is 0 Å². The molecule has 1 saturated heterocycles. The molecule has 0 aromatic heterocycles. The lowest BCUT2D eigenvalue weighted by atomic mass is 9.98. The Kier molecular flexibility index (Phi) is 2.32. The van der Waals surface area contributed by atoms with E-state index in [1.54, 1.807) is 14.0 Å². The number of nitrogens with zero attached hydrogens (tertiary/aromatic N) is 1. The highest BCUT2D eigenvalue weighted by molar-refractivity contribution is 5.83. The summed E-state index contributed by atoms with van der Waals surface area (Å²) in [4.78, 5) is 1.46. The van der Waals surface area contributed by atoms with Gasteiger partial charge < -0.3 is 4.74 Å². The van der Waals surface area contributed by atoms with Gasteiger partial charge in [0, 0.05) is 6.42 Å². The van der Waals surface area contributed by atoms with E-state index in [1.807, 2.05) is 0 Å². The fraction of sp³-hybridized carbons (Fsp3) is 0.875. The Morgan fingerprint density at radius 1 is 1.54 bits per heavy atom. The van der Waals surface area contributed by atoms with Gasteiger partial charge in [0.2, 0.25) is 5.90 Å². The molecule has 1 fully saturated rings. The third kappa shape index (κ3) is 1.65. The highest BCUT2D eigenvalue weighted by atomic mass is 19.3. The summed E-state index contributed by atoms with van der Waals surface area (Å²) in [5.74, 6) is -2.82. The SMILES string of the molecule is COC(=N)C1(C)CC(F)(F)CN1C. The van der Waals surface area contributed by atoms with Crippen LogP contribution in [0.25, 0.3) is 0 Å². The first kappa shape index (κ1) is 10.4. The predicted octanol–water partition coefficient (Wildman–Crippen LogP) is 1.34. The van der Waals surface area contributed by atoms with Crippen molar-refractivity contribution in [3.8, 4) is 0 Å². The molecule has 0 aliphatic carbocycles. The molecule has 1 rings (SSSR count). The van der Waals surface area contributed by atoms with Crippen molar-refractivity contribution in [1.82, 2.24) is 4.90 Å². The zero-order chi connectivity index (χ0) is 10.3. The number of likely N-dealkylation sites (tertiary alicyclic amines) is 1. The van der Waals surface area contributed by atoms with Crippen LogP contribution in [0.15, 0.2) is 0 Å². The lowest BCUT2D eigenvalue weighted by Crippen LogP contribution is -2.46. The molecule has 0 aromatic rings. The van der Waals surface area contributed by atoms with E-state index in [2.05, 4.69) is 0 Å². The number of rotatable bonds is 1. The second-order valence-electron chi connectivity index (χ2n) is 3.70. The second kappa shape index (κ2) is 2.90. The van der Waals surface area contributed by atoms with Gasteiger partial charge in [-0.1, -0.05) is 0 Å². The van der Waals surface area contributed by atoms with E-state index in [-0.39, 0.29) is 18.9 Å². The molecule has 1 aliphatic heterocycles. The molecule has 0 spiro atoms. The Bertz CT molecular complexity index is 232. The molecule has 76 valence electrons. The van der Waals surface area contributed by atoms with Gasteiger partial charge in [-0.2, -0.15) is 0 Å². The van der Waals surface area contributed by atoms with Crippen LogP contribution in [-0.2, 0) is 4.74 Å². The molecule has 1 atom stereocenters. The largest absolute Gasteiger partial charge is 0.483 e. The molecule has 0 radical (unpaired) electrons. The monoisotopic (exact) mass is 192 g/mol. The van der Waals surface area contributed by atoms with Crippen LogP contribution in [0.2, 0.25) is 0 Å². The van der Waals surface area contributed by atoms with Crippen molar-refractivity contribution in [2.24, 2.45) is 0 Å². The summed E-state index contributed by atoms with van der Waals surface area (Å²) >= 11 is 0. The Labute approximate surface area is 76.2 Å². The van der Waals surface area contributed by atoms with Crippen LogP contribution in [0, 0.1) is 5.41 Å². The lowest BCUT2D eigenvalue weighted by molar-refractivity contribution is 0.0135. The molecule has 1 unspecified atom stereocenters. The number of halogens is 2. The third-order valence-corrected chi connectivity index (χ3v) is 2.61. The van der Waals surface area contributed by atoms with Gasteiger partial charge in [-0.25, -0.2) is 8.78 Å². The molecule has 0 saturated carbocycles. The molecular formula is C8H14F2N2O. The maximum absolute atomic E-state index is 13.0. The molecular weight excluding hydrogens is 178 g/mol. The molecule has 5 heteroatoms. The van der Waals surface area contributed by atoms with Crippen molar-refractivity contribution in [3.05, 3.63) is 0 Å². The highest BCUT2D eigenvalue weighted by Crippen LogP contribution is 2.38. The summed E-state index contributed by atoms with van der Waals surface area (Å²) in [6, 6.07) is 0. The van der Waals surface area contributed by atoms with Gasteiger partial charge in [-0.15, -0.1) is 0 Å². The smallest absolute Gasteiger partial charge is 0.262 e. The molecule has 0 amide bonds. The number of alkyl halides is 2. The first-order valence-corrected chi connectivity index (χ1v) is 4.04. The maximum Gasteiger partial charge on any atom is 0.262 e. The number of hydrogen-bond acceptors (Lipinski definition) is 3. The number of hydrogen-bond donors (Lipinski definition) is 1. The van der Waals surface area contributed by atoms with Crippen molar-refractivity contribution >= 4 is 5.90 Å². The van der Waals surface area contributed by atoms with Gasteiger partial charge in [0.25, 0.3) is 5.92 Å². The first-order valence-electron chi connectivity index (χ1n) is 4.04. The van der Waals surface area contributed by atoms with E-state index < -0.39 is 11.5 Å². The molecule has 1 heterocycles. The molecule has 3 nitrogen and oxygen atoms in total. The maximum atomic E-state index is 13.0. The molecule has 1 N–H and O–H groups in total.